The molecule has 5 nitrogen and oxygen atoms in total. The fourth-order valence-electron chi connectivity index (χ4n) is 3.81. The van der Waals surface area contributed by atoms with Gasteiger partial charge in [0.1, 0.15) is 0 Å². The van der Waals surface area contributed by atoms with E-state index in [9.17, 15) is 14.7 Å². The summed E-state index contributed by atoms with van der Waals surface area (Å²) < 4.78 is 0. The summed E-state index contributed by atoms with van der Waals surface area (Å²) in [5.41, 5.74) is 3.18. The highest BCUT2D eigenvalue weighted by Gasteiger charge is 2.25. The van der Waals surface area contributed by atoms with Crippen LogP contribution in [0.15, 0.2) is 18.2 Å². The number of amides is 2. The maximum atomic E-state index is 12.2. The van der Waals surface area contributed by atoms with Crippen molar-refractivity contribution in [2.75, 3.05) is 11.9 Å². The SMILES string of the molecule is O=C(NC[C@@H]1CCCC[C@@H]1O)C(=O)Nc1cccc2c1CCCC2. The molecule has 0 unspecified atom stereocenters. The van der Waals surface area contributed by atoms with Gasteiger partial charge < -0.3 is 15.7 Å². The molecule has 24 heavy (non-hydrogen) atoms. The lowest BCUT2D eigenvalue weighted by molar-refractivity contribution is -0.136. The first-order chi connectivity index (χ1) is 11.6. The number of carbonyl (C=O) groups is 2. The van der Waals surface area contributed by atoms with Gasteiger partial charge in [0.15, 0.2) is 0 Å². The monoisotopic (exact) mass is 330 g/mol. The molecule has 0 spiro atoms. The number of nitrogens with one attached hydrogen (secondary N) is 2. The molecule has 2 aliphatic carbocycles. The third-order valence-electron chi connectivity index (χ3n) is 5.24. The number of fused-ring (bicyclic) bond motifs is 1. The van der Waals surface area contributed by atoms with Gasteiger partial charge in [-0.15, -0.1) is 0 Å². The molecule has 3 N–H and O–H groups in total. The maximum Gasteiger partial charge on any atom is 0.313 e. The molecule has 0 aliphatic heterocycles. The number of aliphatic hydroxyl groups excluding tert-OH is 1. The van der Waals surface area contributed by atoms with Crippen molar-refractivity contribution >= 4 is 17.5 Å². The highest BCUT2D eigenvalue weighted by Crippen LogP contribution is 2.28. The van der Waals surface area contributed by atoms with Crippen LogP contribution >= 0.6 is 0 Å². The topological polar surface area (TPSA) is 78.4 Å². The van der Waals surface area contributed by atoms with Crippen LogP contribution < -0.4 is 10.6 Å². The van der Waals surface area contributed by atoms with Crippen molar-refractivity contribution in [1.29, 1.82) is 0 Å². The predicted octanol–water partition coefficient (Wildman–Crippen LogP) is 2.17. The summed E-state index contributed by atoms with van der Waals surface area (Å²) in [6.45, 7) is 0.361. The Balaban J connectivity index is 1.56. The van der Waals surface area contributed by atoms with E-state index >= 15 is 0 Å². The van der Waals surface area contributed by atoms with Gasteiger partial charge in [-0.2, -0.15) is 0 Å². The molecule has 3 rings (SSSR count). The van der Waals surface area contributed by atoms with Crippen molar-refractivity contribution in [3.8, 4) is 0 Å². The van der Waals surface area contributed by atoms with Crippen molar-refractivity contribution < 1.29 is 14.7 Å². The molecule has 5 heteroatoms. The number of carbonyl (C=O) groups excluding carboxylic acids is 2. The molecule has 2 atom stereocenters. The van der Waals surface area contributed by atoms with Crippen LogP contribution in [0.2, 0.25) is 0 Å². The molecule has 0 saturated heterocycles. The number of aliphatic hydroxyl groups is 1. The number of aryl methyl sites for hydroxylation is 1. The molecular weight excluding hydrogens is 304 g/mol. The van der Waals surface area contributed by atoms with E-state index < -0.39 is 11.8 Å². The molecule has 0 aromatic heterocycles. The summed E-state index contributed by atoms with van der Waals surface area (Å²) in [6, 6.07) is 5.88. The van der Waals surface area contributed by atoms with Gasteiger partial charge in [-0.1, -0.05) is 25.0 Å². The Labute approximate surface area is 142 Å². The van der Waals surface area contributed by atoms with Crippen LogP contribution in [0.4, 0.5) is 5.69 Å². The van der Waals surface area contributed by atoms with Crippen molar-refractivity contribution in [2.24, 2.45) is 5.92 Å². The molecule has 2 aliphatic rings. The quantitative estimate of drug-likeness (QED) is 0.743. The summed E-state index contributed by atoms with van der Waals surface area (Å²) in [5, 5.41) is 15.4. The molecule has 1 fully saturated rings. The van der Waals surface area contributed by atoms with Crippen molar-refractivity contribution in [3.63, 3.8) is 0 Å². The number of hydrogen-bond donors (Lipinski definition) is 3. The van der Waals surface area contributed by atoms with Crippen LogP contribution in [-0.4, -0.2) is 29.6 Å². The van der Waals surface area contributed by atoms with Gasteiger partial charge in [0, 0.05) is 18.2 Å². The number of hydrogen-bond acceptors (Lipinski definition) is 3. The van der Waals surface area contributed by atoms with Crippen LogP contribution in [0.25, 0.3) is 0 Å². The smallest absolute Gasteiger partial charge is 0.313 e. The van der Waals surface area contributed by atoms with Crippen molar-refractivity contribution in [1.82, 2.24) is 5.32 Å². The highest BCUT2D eigenvalue weighted by molar-refractivity contribution is 6.39. The van der Waals surface area contributed by atoms with E-state index in [4.69, 9.17) is 0 Å². The molecule has 130 valence electrons. The molecule has 1 aromatic rings. The standard InChI is InChI=1S/C19H26N2O3/c22-17-11-4-2-7-14(17)12-20-18(23)19(24)21-16-10-5-8-13-6-1-3-9-15(13)16/h5,8,10,14,17,22H,1-4,6-7,9,11-12H2,(H,20,23)(H,21,24)/t14-,17-/m0/s1. The van der Waals surface area contributed by atoms with E-state index in [1.807, 2.05) is 12.1 Å². The summed E-state index contributed by atoms with van der Waals surface area (Å²) >= 11 is 0. The minimum atomic E-state index is -0.626. The van der Waals surface area contributed by atoms with E-state index in [0.717, 1.165) is 56.2 Å². The van der Waals surface area contributed by atoms with Crippen LogP contribution in [0.5, 0.6) is 0 Å². The van der Waals surface area contributed by atoms with Crippen LogP contribution in [-0.2, 0) is 22.4 Å². The number of benzene rings is 1. The summed E-state index contributed by atoms with van der Waals surface area (Å²) in [6.07, 6.45) is 7.68. The van der Waals surface area contributed by atoms with Gasteiger partial charge in [-0.3, -0.25) is 9.59 Å². The molecule has 1 saturated carbocycles. The van der Waals surface area contributed by atoms with E-state index in [0.29, 0.717) is 6.54 Å². The Morgan fingerprint density at radius 2 is 1.83 bits per heavy atom. The van der Waals surface area contributed by atoms with Crippen LogP contribution in [0.1, 0.15) is 49.7 Å². The lowest BCUT2D eigenvalue weighted by atomic mass is 9.86. The first kappa shape index (κ1) is 17.0. The van der Waals surface area contributed by atoms with Crippen molar-refractivity contribution in [3.05, 3.63) is 29.3 Å². The van der Waals surface area contributed by atoms with Gasteiger partial charge in [-0.05, 0) is 55.7 Å². The minimum Gasteiger partial charge on any atom is -0.393 e. The zero-order valence-electron chi connectivity index (χ0n) is 14.0. The van der Waals surface area contributed by atoms with Gasteiger partial charge in [0.2, 0.25) is 0 Å². The lowest BCUT2D eigenvalue weighted by Gasteiger charge is -2.27. The molecule has 2 amide bonds. The fourth-order valence-corrected chi connectivity index (χ4v) is 3.81. The molecule has 0 bridgehead atoms. The second-order valence-electron chi connectivity index (χ2n) is 6.93. The average molecular weight is 330 g/mol. The van der Waals surface area contributed by atoms with Crippen LogP contribution in [0.3, 0.4) is 0 Å². The van der Waals surface area contributed by atoms with E-state index in [2.05, 4.69) is 16.7 Å². The number of anilines is 1. The zero-order valence-corrected chi connectivity index (χ0v) is 14.0. The zero-order chi connectivity index (χ0) is 16.9. The third kappa shape index (κ3) is 3.96. The Hall–Kier alpha value is -1.88. The second kappa shape index (κ2) is 7.79. The summed E-state index contributed by atoms with van der Waals surface area (Å²) in [7, 11) is 0. The van der Waals surface area contributed by atoms with Crippen molar-refractivity contribution in [2.45, 2.75) is 57.5 Å². The summed E-state index contributed by atoms with van der Waals surface area (Å²) in [4.78, 5) is 24.2. The van der Waals surface area contributed by atoms with Gasteiger partial charge in [-0.25, -0.2) is 0 Å². The molecule has 0 heterocycles. The Morgan fingerprint density at radius 3 is 2.67 bits per heavy atom. The Bertz CT molecular complexity index is 615. The minimum absolute atomic E-state index is 0.0555. The molecule has 0 radical (unpaired) electrons. The average Bonchev–Trinajstić information content (AvgIpc) is 2.61. The molecule has 1 aromatic carbocycles. The predicted molar refractivity (Wildman–Crippen MR) is 92.7 cm³/mol. The van der Waals surface area contributed by atoms with Crippen LogP contribution in [0, 0.1) is 5.92 Å². The van der Waals surface area contributed by atoms with Gasteiger partial charge in [0.25, 0.3) is 0 Å². The second-order valence-corrected chi connectivity index (χ2v) is 6.93. The lowest BCUT2D eigenvalue weighted by Crippen LogP contribution is -2.41. The van der Waals surface area contributed by atoms with E-state index in [1.54, 1.807) is 0 Å². The Kier molecular flexibility index (Phi) is 5.51. The number of rotatable bonds is 3. The highest BCUT2D eigenvalue weighted by atomic mass is 16.3. The van der Waals surface area contributed by atoms with E-state index in [1.165, 1.54) is 12.0 Å². The first-order valence-corrected chi connectivity index (χ1v) is 9.03. The third-order valence-corrected chi connectivity index (χ3v) is 5.24. The summed E-state index contributed by atoms with van der Waals surface area (Å²) in [5.74, 6) is -1.19. The normalized spacial score (nSPS) is 23.2. The molecular formula is C19H26N2O3. The largest absolute Gasteiger partial charge is 0.393 e. The van der Waals surface area contributed by atoms with Gasteiger partial charge in [0.05, 0.1) is 6.10 Å². The fraction of sp³-hybridized carbons (Fsp3) is 0.579. The van der Waals surface area contributed by atoms with Gasteiger partial charge >= 0.3 is 11.8 Å². The Morgan fingerprint density at radius 1 is 1.04 bits per heavy atom. The maximum absolute atomic E-state index is 12.2. The first-order valence-electron chi connectivity index (χ1n) is 9.03. The van der Waals surface area contributed by atoms with E-state index in [-0.39, 0.29) is 12.0 Å².